The van der Waals surface area contributed by atoms with Crippen LogP contribution in [-0.2, 0) is 4.74 Å². The molecule has 0 bridgehead atoms. The Morgan fingerprint density at radius 3 is 2.74 bits per heavy atom. The molecule has 7 heteroatoms. The van der Waals surface area contributed by atoms with Crippen LogP contribution < -0.4 is 10.6 Å². The second-order valence-electron chi connectivity index (χ2n) is 7.35. The van der Waals surface area contributed by atoms with Crippen LogP contribution in [0.3, 0.4) is 0 Å². The highest BCUT2D eigenvalue weighted by molar-refractivity contribution is 5.67. The highest BCUT2D eigenvalue weighted by Gasteiger charge is 2.18. The molecule has 1 rings (SSSR count). The lowest BCUT2D eigenvalue weighted by Gasteiger charge is -2.24. The maximum Gasteiger partial charge on any atom is 0.411 e. The Kier molecular flexibility index (Phi) is 9.59. The fourth-order valence-corrected chi connectivity index (χ4v) is 2.05. The molecule has 0 saturated heterocycles. The quantitative estimate of drug-likeness (QED) is 0.413. The van der Waals surface area contributed by atoms with E-state index in [1.165, 1.54) is 4.90 Å². The molecule has 1 heterocycles. The molecule has 7 nitrogen and oxygen atoms in total. The van der Waals surface area contributed by atoms with E-state index in [-0.39, 0.29) is 6.09 Å². The van der Waals surface area contributed by atoms with Gasteiger partial charge in [-0.2, -0.15) is 0 Å². The summed E-state index contributed by atoms with van der Waals surface area (Å²) in [5.74, 6) is 7.84. The minimum Gasteiger partial charge on any atom is -0.444 e. The summed E-state index contributed by atoms with van der Waals surface area (Å²) in [6.07, 6.45) is 4.10. The molecule has 1 aromatic heterocycles. The summed E-state index contributed by atoms with van der Waals surface area (Å²) in [4.78, 5) is 22.0. The smallest absolute Gasteiger partial charge is 0.411 e. The van der Waals surface area contributed by atoms with Gasteiger partial charge in [0.1, 0.15) is 17.2 Å². The van der Waals surface area contributed by atoms with Crippen LogP contribution in [0.1, 0.15) is 58.3 Å². The van der Waals surface area contributed by atoms with Gasteiger partial charge in [0.25, 0.3) is 0 Å². The standard InChI is InChI=1S/C20H33N5O2/c1-7-12-22-18-17(14-23-16(2)24-18)11-9-8-10-13-21-15-25(6)19(26)27-20(3,4)5/h14,21H,7-8,10,12-13,15H2,1-6H3,(H,22,23,24). The van der Waals surface area contributed by atoms with E-state index < -0.39 is 5.60 Å². The zero-order valence-corrected chi connectivity index (χ0v) is 17.5. The molecule has 150 valence electrons. The number of aryl methyl sites for hydroxylation is 1. The van der Waals surface area contributed by atoms with Crippen LogP contribution in [0.2, 0.25) is 0 Å². The monoisotopic (exact) mass is 375 g/mol. The van der Waals surface area contributed by atoms with Gasteiger partial charge in [-0.25, -0.2) is 14.8 Å². The lowest BCUT2D eigenvalue weighted by molar-refractivity contribution is 0.0286. The number of aromatic nitrogens is 2. The molecular weight excluding hydrogens is 342 g/mol. The molecule has 1 aromatic rings. The van der Waals surface area contributed by atoms with Crippen molar-refractivity contribution in [2.24, 2.45) is 0 Å². The predicted molar refractivity (Wildman–Crippen MR) is 109 cm³/mol. The van der Waals surface area contributed by atoms with E-state index in [4.69, 9.17) is 4.74 Å². The highest BCUT2D eigenvalue weighted by Crippen LogP contribution is 2.10. The molecule has 0 aliphatic heterocycles. The number of hydrogen-bond acceptors (Lipinski definition) is 6. The van der Waals surface area contributed by atoms with Crippen LogP contribution in [0.4, 0.5) is 10.6 Å². The maximum absolute atomic E-state index is 11.8. The van der Waals surface area contributed by atoms with Crippen LogP contribution >= 0.6 is 0 Å². The predicted octanol–water partition coefficient (Wildman–Crippen LogP) is 3.15. The molecule has 0 fully saturated rings. The molecule has 0 aliphatic rings. The van der Waals surface area contributed by atoms with Gasteiger partial charge >= 0.3 is 6.09 Å². The topological polar surface area (TPSA) is 79.4 Å². The van der Waals surface area contributed by atoms with Crippen LogP contribution in [0.25, 0.3) is 0 Å². The number of nitrogens with zero attached hydrogens (tertiary/aromatic N) is 3. The molecule has 0 unspecified atom stereocenters. The van der Waals surface area contributed by atoms with Crippen molar-refractivity contribution in [3.05, 3.63) is 17.6 Å². The average Bonchev–Trinajstić information content (AvgIpc) is 2.58. The van der Waals surface area contributed by atoms with Gasteiger partial charge < -0.3 is 10.1 Å². The van der Waals surface area contributed by atoms with Crippen molar-refractivity contribution in [1.82, 2.24) is 20.2 Å². The minimum absolute atomic E-state index is 0.332. The van der Waals surface area contributed by atoms with Gasteiger partial charge in [-0.15, -0.1) is 0 Å². The molecule has 2 N–H and O–H groups in total. The Morgan fingerprint density at radius 2 is 2.07 bits per heavy atom. The van der Waals surface area contributed by atoms with E-state index in [2.05, 4.69) is 39.4 Å². The first-order valence-electron chi connectivity index (χ1n) is 9.44. The Hall–Kier alpha value is -2.33. The third-order valence-electron chi connectivity index (χ3n) is 3.38. The third kappa shape index (κ3) is 9.80. The van der Waals surface area contributed by atoms with Crippen molar-refractivity contribution in [1.29, 1.82) is 0 Å². The fraction of sp³-hybridized carbons (Fsp3) is 0.650. The Balaban J connectivity index is 2.34. The number of rotatable bonds is 8. The fourth-order valence-electron chi connectivity index (χ4n) is 2.05. The van der Waals surface area contributed by atoms with Crippen molar-refractivity contribution in [2.45, 2.75) is 59.5 Å². The molecule has 27 heavy (non-hydrogen) atoms. The van der Waals surface area contributed by atoms with Crippen LogP contribution in [0, 0.1) is 18.8 Å². The third-order valence-corrected chi connectivity index (χ3v) is 3.38. The Labute approximate surface area is 163 Å². The van der Waals surface area contributed by atoms with Gasteiger partial charge in [0.2, 0.25) is 0 Å². The summed E-state index contributed by atoms with van der Waals surface area (Å²) in [6.45, 7) is 11.6. The summed E-state index contributed by atoms with van der Waals surface area (Å²) in [6, 6.07) is 0. The maximum atomic E-state index is 11.8. The SMILES string of the molecule is CCCNc1nc(C)ncc1C#CCCCNCN(C)C(=O)OC(C)(C)C. The minimum atomic E-state index is -0.481. The first-order valence-corrected chi connectivity index (χ1v) is 9.44. The molecule has 0 aliphatic carbocycles. The van der Waals surface area contributed by atoms with Crippen LogP contribution in [0.15, 0.2) is 6.20 Å². The van der Waals surface area contributed by atoms with Crippen molar-refractivity contribution >= 4 is 11.9 Å². The first kappa shape index (κ1) is 22.7. The van der Waals surface area contributed by atoms with Gasteiger partial charge in [0, 0.05) is 26.2 Å². The van der Waals surface area contributed by atoms with Crippen molar-refractivity contribution in [3.8, 4) is 11.8 Å². The van der Waals surface area contributed by atoms with Crippen LogP contribution in [-0.4, -0.2) is 53.4 Å². The second-order valence-corrected chi connectivity index (χ2v) is 7.35. The molecule has 1 amide bonds. The summed E-state index contributed by atoms with van der Waals surface area (Å²) in [5.41, 5.74) is 0.345. The van der Waals surface area contributed by atoms with Gasteiger partial charge in [-0.1, -0.05) is 18.8 Å². The van der Waals surface area contributed by atoms with E-state index in [9.17, 15) is 4.79 Å². The number of carbonyl (C=O) groups is 1. The lowest BCUT2D eigenvalue weighted by Crippen LogP contribution is -2.39. The van der Waals surface area contributed by atoms with E-state index in [1.807, 2.05) is 27.7 Å². The first-order chi connectivity index (χ1) is 12.7. The summed E-state index contributed by atoms with van der Waals surface area (Å²) >= 11 is 0. The normalized spacial score (nSPS) is 10.7. The number of nitrogens with one attached hydrogen (secondary N) is 2. The van der Waals surface area contributed by atoms with Gasteiger partial charge in [0.15, 0.2) is 0 Å². The van der Waals surface area contributed by atoms with Crippen molar-refractivity contribution < 1.29 is 9.53 Å². The molecular formula is C20H33N5O2. The number of carbonyl (C=O) groups excluding carboxylic acids is 1. The van der Waals surface area contributed by atoms with Crippen molar-refractivity contribution in [3.63, 3.8) is 0 Å². The summed E-state index contributed by atoms with van der Waals surface area (Å²) in [7, 11) is 1.71. The average molecular weight is 376 g/mol. The Morgan fingerprint density at radius 1 is 1.33 bits per heavy atom. The molecule has 0 spiro atoms. The summed E-state index contributed by atoms with van der Waals surface area (Å²) in [5, 5.41) is 6.51. The number of anilines is 1. The number of hydrogen-bond donors (Lipinski definition) is 2. The van der Waals surface area contributed by atoms with E-state index in [0.717, 1.165) is 49.6 Å². The van der Waals surface area contributed by atoms with Crippen LogP contribution in [0.5, 0.6) is 0 Å². The molecule has 0 aromatic carbocycles. The number of amides is 1. The second kappa shape index (κ2) is 11.4. The van der Waals surface area contributed by atoms with Gasteiger partial charge in [-0.05, 0) is 47.1 Å². The lowest BCUT2D eigenvalue weighted by atomic mass is 10.2. The molecule has 0 atom stereocenters. The summed E-state index contributed by atoms with van der Waals surface area (Å²) < 4.78 is 5.30. The largest absolute Gasteiger partial charge is 0.444 e. The Bertz CT molecular complexity index is 659. The molecule has 0 radical (unpaired) electrons. The zero-order valence-electron chi connectivity index (χ0n) is 17.5. The number of unbranched alkanes of at least 4 members (excludes halogenated alkanes) is 1. The van der Waals surface area contributed by atoms with E-state index >= 15 is 0 Å². The molecule has 0 saturated carbocycles. The van der Waals surface area contributed by atoms with Gasteiger partial charge in [0.05, 0.1) is 12.2 Å². The van der Waals surface area contributed by atoms with Crippen molar-refractivity contribution in [2.75, 3.05) is 32.1 Å². The van der Waals surface area contributed by atoms with Gasteiger partial charge in [-0.3, -0.25) is 10.2 Å². The van der Waals surface area contributed by atoms with E-state index in [0.29, 0.717) is 6.67 Å². The highest BCUT2D eigenvalue weighted by atomic mass is 16.6. The number of ether oxygens (including phenoxy) is 1. The zero-order chi connectivity index (χ0) is 20.3. The van der Waals surface area contributed by atoms with E-state index in [1.54, 1.807) is 13.2 Å².